The zero-order valence-corrected chi connectivity index (χ0v) is 13.5. The van der Waals surface area contributed by atoms with Crippen LogP contribution in [0, 0.1) is 6.92 Å². The van der Waals surface area contributed by atoms with Gasteiger partial charge in [-0.2, -0.15) is 0 Å². The Kier molecular flexibility index (Phi) is 4.55. The lowest BCUT2D eigenvalue weighted by molar-refractivity contribution is -0.129. The van der Waals surface area contributed by atoms with Crippen LogP contribution in [-0.4, -0.2) is 33.9 Å². The normalized spacial score (nSPS) is 15.5. The molecule has 1 aromatic heterocycles. The summed E-state index contributed by atoms with van der Waals surface area (Å²) >= 11 is 0. The Bertz CT molecular complexity index is 694. The monoisotopic (exact) mass is 311 g/mol. The molecule has 1 aromatic carbocycles. The van der Waals surface area contributed by atoms with Crippen molar-refractivity contribution in [3.63, 3.8) is 0 Å². The maximum atomic E-state index is 11.5. The van der Waals surface area contributed by atoms with Crippen molar-refractivity contribution in [2.24, 2.45) is 0 Å². The zero-order chi connectivity index (χ0) is 16.2. The fourth-order valence-corrected chi connectivity index (χ4v) is 2.94. The van der Waals surface area contributed by atoms with Crippen LogP contribution in [0.2, 0.25) is 0 Å². The minimum absolute atomic E-state index is 0.138. The molecule has 120 valence electrons. The van der Waals surface area contributed by atoms with Crippen LogP contribution < -0.4 is 4.74 Å². The molecule has 2 aromatic rings. The molecule has 0 unspecified atom stereocenters. The van der Waals surface area contributed by atoms with Crippen LogP contribution in [0.3, 0.4) is 0 Å². The number of carbonyl (C=O) groups excluding carboxylic acids is 1. The second kappa shape index (κ2) is 6.77. The van der Waals surface area contributed by atoms with Crippen molar-refractivity contribution in [2.45, 2.75) is 32.6 Å². The van der Waals surface area contributed by atoms with Crippen LogP contribution in [0.5, 0.6) is 11.6 Å². The third-order valence-electron chi connectivity index (χ3n) is 4.32. The number of rotatable bonds is 3. The first kappa shape index (κ1) is 15.5. The SMILES string of the molecule is CC(=O)N1CCC(c2nccnc2Oc2ccccc2C)CC1. The Labute approximate surface area is 136 Å². The molecule has 0 saturated carbocycles. The highest BCUT2D eigenvalue weighted by Crippen LogP contribution is 2.34. The van der Waals surface area contributed by atoms with E-state index in [4.69, 9.17) is 4.74 Å². The Balaban J connectivity index is 1.79. The van der Waals surface area contributed by atoms with Crippen molar-refractivity contribution < 1.29 is 9.53 Å². The van der Waals surface area contributed by atoms with E-state index >= 15 is 0 Å². The Morgan fingerprint density at radius 1 is 1.17 bits per heavy atom. The highest BCUT2D eigenvalue weighted by molar-refractivity contribution is 5.73. The van der Waals surface area contributed by atoms with Gasteiger partial charge in [-0.25, -0.2) is 4.98 Å². The quantitative estimate of drug-likeness (QED) is 0.872. The first-order valence-corrected chi connectivity index (χ1v) is 7.95. The molecule has 0 aliphatic carbocycles. The highest BCUT2D eigenvalue weighted by atomic mass is 16.5. The Morgan fingerprint density at radius 2 is 1.87 bits per heavy atom. The molecular formula is C18H21N3O2. The molecule has 0 atom stereocenters. The maximum absolute atomic E-state index is 11.5. The molecule has 5 heteroatoms. The van der Waals surface area contributed by atoms with Gasteiger partial charge in [0, 0.05) is 38.3 Å². The standard InChI is InChI=1S/C18H21N3O2/c1-13-5-3-4-6-16(13)23-18-17(19-9-10-20-18)15-7-11-21(12-8-15)14(2)22/h3-6,9-10,15H,7-8,11-12H2,1-2H3. The number of amides is 1. The summed E-state index contributed by atoms with van der Waals surface area (Å²) in [7, 11) is 0. The van der Waals surface area contributed by atoms with Gasteiger partial charge in [-0.1, -0.05) is 18.2 Å². The summed E-state index contributed by atoms with van der Waals surface area (Å²) in [6, 6.07) is 7.88. The molecule has 1 fully saturated rings. The summed E-state index contributed by atoms with van der Waals surface area (Å²) in [5.74, 6) is 1.79. The summed E-state index contributed by atoms with van der Waals surface area (Å²) in [4.78, 5) is 22.2. The van der Waals surface area contributed by atoms with Crippen molar-refractivity contribution in [3.05, 3.63) is 47.9 Å². The molecule has 0 radical (unpaired) electrons. The summed E-state index contributed by atoms with van der Waals surface area (Å²) in [5, 5.41) is 0. The van der Waals surface area contributed by atoms with Crippen LogP contribution in [0.4, 0.5) is 0 Å². The topological polar surface area (TPSA) is 55.3 Å². The summed E-state index contributed by atoms with van der Waals surface area (Å²) in [5.41, 5.74) is 1.95. The number of benzene rings is 1. The number of piperidine rings is 1. The highest BCUT2D eigenvalue weighted by Gasteiger charge is 2.26. The maximum Gasteiger partial charge on any atom is 0.241 e. The molecule has 1 amide bonds. The number of carbonyl (C=O) groups is 1. The molecule has 1 aliphatic rings. The van der Waals surface area contributed by atoms with E-state index in [0.29, 0.717) is 5.88 Å². The summed E-state index contributed by atoms with van der Waals surface area (Å²) in [6.45, 7) is 5.16. The lowest BCUT2D eigenvalue weighted by Gasteiger charge is -2.31. The second-order valence-electron chi connectivity index (χ2n) is 5.89. The van der Waals surface area contributed by atoms with E-state index in [1.807, 2.05) is 36.1 Å². The van der Waals surface area contributed by atoms with Gasteiger partial charge < -0.3 is 9.64 Å². The molecule has 3 rings (SSSR count). The van der Waals surface area contributed by atoms with Crippen LogP contribution in [-0.2, 0) is 4.79 Å². The van der Waals surface area contributed by atoms with Gasteiger partial charge in [0.1, 0.15) is 11.4 Å². The molecular weight excluding hydrogens is 290 g/mol. The predicted molar refractivity (Wildman–Crippen MR) is 87.5 cm³/mol. The fourth-order valence-electron chi connectivity index (χ4n) is 2.94. The number of ether oxygens (including phenoxy) is 1. The average Bonchev–Trinajstić information content (AvgIpc) is 2.57. The van der Waals surface area contributed by atoms with E-state index in [9.17, 15) is 4.79 Å². The molecule has 1 saturated heterocycles. The minimum Gasteiger partial charge on any atom is -0.437 e. The number of para-hydroxylation sites is 1. The van der Waals surface area contributed by atoms with E-state index in [0.717, 1.165) is 42.9 Å². The largest absolute Gasteiger partial charge is 0.437 e. The third kappa shape index (κ3) is 3.50. The first-order chi connectivity index (χ1) is 11.1. The van der Waals surface area contributed by atoms with Gasteiger partial charge in [-0.15, -0.1) is 0 Å². The van der Waals surface area contributed by atoms with Crippen LogP contribution in [0.25, 0.3) is 0 Å². The number of aryl methyl sites for hydroxylation is 1. The van der Waals surface area contributed by atoms with Crippen LogP contribution in [0.1, 0.15) is 36.9 Å². The second-order valence-corrected chi connectivity index (χ2v) is 5.89. The van der Waals surface area contributed by atoms with E-state index < -0.39 is 0 Å². The van der Waals surface area contributed by atoms with Crippen LogP contribution >= 0.6 is 0 Å². The molecule has 1 aliphatic heterocycles. The summed E-state index contributed by atoms with van der Waals surface area (Å²) < 4.78 is 6.01. The van der Waals surface area contributed by atoms with Crippen molar-refractivity contribution in [2.75, 3.05) is 13.1 Å². The molecule has 2 heterocycles. The van der Waals surface area contributed by atoms with Crippen molar-refractivity contribution >= 4 is 5.91 Å². The fraction of sp³-hybridized carbons (Fsp3) is 0.389. The van der Waals surface area contributed by atoms with Gasteiger partial charge >= 0.3 is 0 Å². The molecule has 0 spiro atoms. The van der Waals surface area contributed by atoms with Crippen LogP contribution in [0.15, 0.2) is 36.7 Å². The number of aromatic nitrogens is 2. The number of hydrogen-bond donors (Lipinski definition) is 0. The van der Waals surface area contributed by atoms with Gasteiger partial charge in [0.25, 0.3) is 0 Å². The van der Waals surface area contributed by atoms with E-state index in [-0.39, 0.29) is 11.8 Å². The van der Waals surface area contributed by atoms with Gasteiger partial charge in [0.15, 0.2) is 0 Å². The lowest BCUT2D eigenvalue weighted by atomic mass is 9.93. The number of hydrogen-bond acceptors (Lipinski definition) is 4. The number of likely N-dealkylation sites (tertiary alicyclic amines) is 1. The van der Waals surface area contributed by atoms with E-state index in [1.54, 1.807) is 19.3 Å². The van der Waals surface area contributed by atoms with Gasteiger partial charge in [0.2, 0.25) is 11.8 Å². The van der Waals surface area contributed by atoms with Gasteiger partial charge in [-0.05, 0) is 31.4 Å². The predicted octanol–water partition coefficient (Wildman–Crippen LogP) is 3.30. The van der Waals surface area contributed by atoms with Gasteiger partial charge in [0.05, 0.1) is 0 Å². The third-order valence-corrected chi connectivity index (χ3v) is 4.32. The molecule has 0 bridgehead atoms. The van der Waals surface area contributed by atoms with Crippen molar-refractivity contribution in [1.29, 1.82) is 0 Å². The smallest absolute Gasteiger partial charge is 0.241 e. The lowest BCUT2D eigenvalue weighted by Crippen LogP contribution is -2.36. The van der Waals surface area contributed by atoms with E-state index in [2.05, 4.69) is 9.97 Å². The molecule has 0 N–H and O–H groups in total. The molecule has 5 nitrogen and oxygen atoms in total. The Hall–Kier alpha value is -2.43. The Morgan fingerprint density at radius 3 is 2.57 bits per heavy atom. The zero-order valence-electron chi connectivity index (χ0n) is 13.5. The number of nitrogens with zero attached hydrogens (tertiary/aromatic N) is 3. The van der Waals surface area contributed by atoms with E-state index in [1.165, 1.54) is 0 Å². The van der Waals surface area contributed by atoms with Gasteiger partial charge in [-0.3, -0.25) is 9.78 Å². The van der Waals surface area contributed by atoms with Crippen molar-refractivity contribution in [3.8, 4) is 11.6 Å². The summed E-state index contributed by atoms with van der Waals surface area (Å²) in [6.07, 6.45) is 5.14. The van der Waals surface area contributed by atoms with Crippen molar-refractivity contribution in [1.82, 2.24) is 14.9 Å². The minimum atomic E-state index is 0.138. The molecule has 23 heavy (non-hydrogen) atoms. The average molecular weight is 311 g/mol. The first-order valence-electron chi connectivity index (χ1n) is 7.95.